The standard InChI is InChI=1S/C19H19FN6O2/c20-14-3-1-4-16(11-14)28-13-15-12-17(24-23-15)18(27)25-7-9-26(10-8-25)19-21-5-2-6-22-19/h1-6,11-12H,7-10,13H2,(H,23,24). The van der Waals surface area contributed by atoms with Crippen molar-refractivity contribution in [3.8, 4) is 5.75 Å². The van der Waals surface area contributed by atoms with Gasteiger partial charge in [0.1, 0.15) is 18.2 Å². The number of aromatic amines is 1. The van der Waals surface area contributed by atoms with Crippen molar-refractivity contribution in [2.45, 2.75) is 6.61 Å². The lowest BCUT2D eigenvalue weighted by atomic mass is 10.2. The number of benzene rings is 1. The van der Waals surface area contributed by atoms with Gasteiger partial charge in [-0.05, 0) is 24.3 Å². The molecule has 144 valence electrons. The van der Waals surface area contributed by atoms with Crippen LogP contribution in [0.4, 0.5) is 10.3 Å². The van der Waals surface area contributed by atoms with Crippen molar-refractivity contribution in [3.05, 3.63) is 66.0 Å². The maximum atomic E-state index is 13.2. The first-order valence-electron chi connectivity index (χ1n) is 8.93. The summed E-state index contributed by atoms with van der Waals surface area (Å²) < 4.78 is 18.7. The molecule has 4 rings (SSSR count). The zero-order chi connectivity index (χ0) is 19.3. The van der Waals surface area contributed by atoms with Gasteiger partial charge in [-0.3, -0.25) is 9.89 Å². The zero-order valence-corrected chi connectivity index (χ0v) is 15.1. The summed E-state index contributed by atoms with van der Waals surface area (Å²) in [6.45, 7) is 2.63. The Morgan fingerprint density at radius 1 is 1.11 bits per heavy atom. The molecule has 0 atom stereocenters. The highest BCUT2D eigenvalue weighted by Crippen LogP contribution is 2.15. The van der Waals surface area contributed by atoms with E-state index in [-0.39, 0.29) is 18.3 Å². The minimum Gasteiger partial charge on any atom is -0.487 e. The molecule has 0 spiro atoms. The van der Waals surface area contributed by atoms with Gasteiger partial charge in [0, 0.05) is 44.6 Å². The van der Waals surface area contributed by atoms with Gasteiger partial charge in [0.15, 0.2) is 5.69 Å². The van der Waals surface area contributed by atoms with Crippen molar-refractivity contribution in [2.75, 3.05) is 31.1 Å². The van der Waals surface area contributed by atoms with E-state index in [2.05, 4.69) is 20.2 Å². The van der Waals surface area contributed by atoms with Gasteiger partial charge in [0.25, 0.3) is 5.91 Å². The first-order valence-corrected chi connectivity index (χ1v) is 8.93. The van der Waals surface area contributed by atoms with Crippen molar-refractivity contribution in [1.82, 2.24) is 25.1 Å². The fourth-order valence-electron chi connectivity index (χ4n) is 2.99. The van der Waals surface area contributed by atoms with E-state index >= 15 is 0 Å². The van der Waals surface area contributed by atoms with Crippen LogP contribution < -0.4 is 9.64 Å². The third-order valence-electron chi connectivity index (χ3n) is 4.44. The van der Waals surface area contributed by atoms with Crippen LogP contribution >= 0.6 is 0 Å². The van der Waals surface area contributed by atoms with Gasteiger partial charge in [-0.1, -0.05) is 6.07 Å². The van der Waals surface area contributed by atoms with E-state index in [0.29, 0.717) is 49.3 Å². The number of nitrogens with one attached hydrogen (secondary N) is 1. The quantitative estimate of drug-likeness (QED) is 0.725. The summed E-state index contributed by atoms with van der Waals surface area (Å²) >= 11 is 0. The van der Waals surface area contributed by atoms with Crippen LogP contribution in [0.3, 0.4) is 0 Å². The Morgan fingerprint density at radius 3 is 2.64 bits per heavy atom. The minimum atomic E-state index is -0.363. The van der Waals surface area contributed by atoms with E-state index in [1.165, 1.54) is 12.1 Å². The summed E-state index contributed by atoms with van der Waals surface area (Å²) in [4.78, 5) is 25.0. The summed E-state index contributed by atoms with van der Waals surface area (Å²) in [5, 5.41) is 6.89. The molecule has 1 amide bonds. The summed E-state index contributed by atoms with van der Waals surface area (Å²) in [6.07, 6.45) is 3.41. The third-order valence-corrected chi connectivity index (χ3v) is 4.44. The number of carbonyl (C=O) groups is 1. The lowest BCUT2D eigenvalue weighted by molar-refractivity contribution is 0.0740. The molecule has 8 nitrogen and oxygen atoms in total. The van der Waals surface area contributed by atoms with Crippen molar-refractivity contribution in [2.24, 2.45) is 0 Å². The number of anilines is 1. The molecule has 1 aliphatic heterocycles. The van der Waals surface area contributed by atoms with Crippen LogP contribution in [0.1, 0.15) is 16.2 Å². The number of carbonyl (C=O) groups excluding carboxylic acids is 1. The molecule has 0 saturated carbocycles. The van der Waals surface area contributed by atoms with Gasteiger partial charge in [0.05, 0.1) is 5.69 Å². The van der Waals surface area contributed by atoms with Gasteiger partial charge in [-0.25, -0.2) is 14.4 Å². The highest BCUT2D eigenvalue weighted by molar-refractivity contribution is 5.92. The Hall–Kier alpha value is -3.49. The molecule has 0 unspecified atom stereocenters. The molecule has 1 fully saturated rings. The molecule has 1 aliphatic rings. The number of hydrogen-bond acceptors (Lipinski definition) is 6. The molecule has 1 N–H and O–H groups in total. The Morgan fingerprint density at radius 2 is 1.89 bits per heavy atom. The third kappa shape index (κ3) is 4.08. The van der Waals surface area contributed by atoms with Gasteiger partial charge >= 0.3 is 0 Å². The number of ether oxygens (including phenoxy) is 1. The van der Waals surface area contributed by atoms with Crippen molar-refractivity contribution in [1.29, 1.82) is 0 Å². The molecule has 0 bridgehead atoms. The van der Waals surface area contributed by atoms with Crippen molar-refractivity contribution < 1.29 is 13.9 Å². The number of halogens is 1. The Bertz CT molecular complexity index is 940. The monoisotopic (exact) mass is 382 g/mol. The number of hydrogen-bond donors (Lipinski definition) is 1. The van der Waals surface area contributed by atoms with E-state index in [4.69, 9.17) is 4.74 Å². The summed E-state index contributed by atoms with van der Waals surface area (Å²) in [7, 11) is 0. The fourth-order valence-corrected chi connectivity index (χ4v) is 2.99. The molecule has 1 saturated heterocycles. The highest BCUT2D eigenvalue weighted by atomic mass is 19.1. The van der Waals surface area contributed by atoms with E-state index in [0.717, 1.165) is 0 Å². The predicted molar refractivity (Wildman–Crippen MR) is 99.5 cm³/mol. The molecule has 3 heterocycles. The largest absolute Gasteiger partial charge is 0.487 e. The summed E-state index contributed by atoms with van der Waals surface area (Å²) in [5.41, 5.74) is 0.978. The number of nitrogens with zero attached hydrogens (tertiary/aromatic N) is 5. The average Bonchev–Trinajstić information content (AvgIpc) is 3.22. The van der Waals surface area contributed by atoms with Crippen molar-refractivity contribution >= 4 is 11.9 Å². The molecule has 2 aromatic heterocycles. The van der Waals surface area contributed by atoms with Crippen LogP contribution in [-0.2, 0) is 6.61 Å². The van der Waals surface area contributed by atoms with E-state index < -0.39 is 0 Å². The van der Waals surface area contributed by atoms with Gasteiger partial charge in [-0.2, -0.15) is 5.10 Å². The molecule has 28 heavy (non-hydrogen) atoms. The zero-order valence-electron chi connectivity index (χ0n) is 15.1. The molecule has 1 aromatic carbocycles. The maximum Gasteiger partial charge on any atom is 0.274 e. The van der Waals surface area contributed by atoms with Crippen LogP contribution in [-0.4, -0.2) is 57.2 Å². The molecule has 0 aliphatic carbocycles. The maximum absolute atomic E-state index is 13.2. The second-order valence-corrected chi connectivity index (χ2v) is 6.35. The Balaban J connectivity index is 1.32. The molecule has 9 heteroatoms. The first kappa shape index (κ1) is 17.9. The number of piperazine rings is 1. The second kappa shape index (κ2) is 8.03. The van der Waals surface area contributed by atoms with Crippen LogP contribution in [0.15, 0.2) is 48.8 Å². The van der Waals surface area contributed by atoms with Crippen LogP contribution in [0, 0.1) is 5.82 Å². The molecular weight excluding hydrogens is 363 g/mol. The van der Waals surface area contributed by atoms with Crippen LogP contribution in [0.25, 0.3) is 0 Å². The van der Waals surface area contributed by atoms with Gasteiger partial charge < -0.3 is 14.5 Å². The lowest BCUT2D eigenvalue weighted by Crippen LogP contribution is -2.49. The summed E-state index contributed by atoms with van der Waals surface area (Å²) in [6, 6.07) is 9.33. The van der Waals surface area contributed by atoms with Gasteiger partial charge in [0.2, 0.25) is 5.95 Å². The predicted octanol–water partition coefficient (Wildman–Crippen LogP) is 1.88. The van der Waals surface area contributed by atoms with E-state index in [1.54, 1.807) is 41.6 Å². The lowest BCUT2D eigenvalue weighted by Gasteiger charge is -2.34. The Kier molecular flexibility index (Phi) is 5.14. The SMILES string of the molecule is O=C(c1cc(COc2cccc(F)c2)[nH]n1)N1CCN(c2ncccn2)CC1. The molecule has 3 aromatic rings. The normalized spacial score (nSPS) is 14.2. The second-order valence-electron chi connectivity index (χ2n) is 6.35. The minimum absolute atomic E-state index is 0.137. The first-order chi connectivity index (χ1) is 13.7. The van der Waals surface area contributed by atoms with E-state index in [9.17, 15) is 9.18 Å². The smallest absolute Gasteiger partial charge is 0.274 e. The number of rotatable bonds is 5. The topological polar surface area (TPSA) is 87.2 Å². The van der Waals surface area contributed by atoms with Crippen molar-refractivity contribution in [3.63, 3.8) is 0 Å². The highest BCUT2D eigenvalue weighted by Gasteiger charge is 2.24. The number of amides is 1. The van der Waals surface area contributed by atoms with Crippen LogP contribution in [0.5, 0.6) is 5.75 Å². The molecular formula is C19H19FN6O2. The van der Waals surface area contributed by atoms with Crippen LogP contribution in [0.2, 0.25) is 0 Å². The molecule has 0 radical (unpaired) electrons. The summed E-state index contributed by atoms with van der Waals surface area (Å²) in [5.74, 6) is 0.591. The van der Waals surface area contributed by atoms with Gasteiger partial charge in [-0.15, -0.1) is 0 Å². The fraction of sp³-hybridized carbons (Fsp3) is 0.263. The number of H-pyrrole nitrogens is 1. The Labute approximate surface area is 161 Å². The number of aromatic nitrogens is 4. The average molecular weight is 382 g/mol. The van der Waals surface area contributed by atoms with E-state index in [1.807, 2.05) is 4.90 Å².